The Morgan fingerprint density at radius 1 is 1.00 bits per heavy atom. The van der Waals surface area contributed by atoms with Crippen LogP contribution in [0.3, 0.4) is 0 Å². The number of benzene rings is 2. The van der Waals surface area contributed by atoms with Crippen LogP contribution in [0, 0.1) is 0 Å². The lowest BCUT2D eigenvalue weighted by Crippen LogP contribution is -2.02. The van der Waals surface area contributed by atoms with Crippen LogP contribution in [0.2, 0.25) is 0 Å². The zero-order valence-corrected chi connectivity index (χ0v) is 11.5. The van der Waals surface area contributed by atoms with E-state index in [0.717, 1.165) is 11.3 Å². The van der Waals surface area contributed by atoms with Gasteiger partial charge in [0.1, 0.15) is 18.0 Å². The Kier molecular flexibility index (Phi) is 4.00. The summed E-state index contributed by atoms with van der Waals surface area (Å²) >= 11 is 0. The third kappa shape index (κ3) is 3.18. The summed E-state index contributed by atoms with van der Waals surface area (Å²) in [5, 5.41) is 0. The second kappa shape index (κ2) is 6.07. The molecule has 1 fully saturated rings. The van der Waals surface area contributed by atoms with Gasteiger partial charge in [-0.1, -0.05) is 42.5 Å². The molecule has 3 heteroatoms. The van der Waals surface area contributed by atoms with E-state index < -0.39 is 0 Å². The molecule has 2 aromatic rings. The molecule has 0 aliphatic carbocycles. The highest BCUT2D eigenvalue weighted by atomic mass is 16.6. The molecule has 20 heavy (non-hydrogen) atoms. The summed E-state index contributed by atoms with van der Waals surface area (Å²) in [4.78, 5) is 0. The highest BCUT2D eigenvalue weighted by Gasteiger charge is 2.39. The summed E-state index contributed by atoms with van der Waals surface area (Å²) in [5.41, 5.74) is 2.37. The van der Waals surface area contributed by atoms with E-state index in [0.29, 0.717) is 13.2 Å². The second-order valence-electron chi connectivity index (χ2n) is 4.87. The quantitative estimate of drug-likeness (QED) is 0.754. The van der Waals surface area contributed by atoms with Crippen molar-refractivity contribution >= 4 is 0 Å². The summed E-state index contributed by atoms with van der Waals surface area (Å²) in [6.07, 6.45) is 0.391. The lowest BCUT2D eigenvalue weighted by Gasteiger charge is -2.04. The molecule has 2 aromatic carbocycles. The van der Waals surface area contributed by atoms with E-state index in [9.17, 15) is 0 Å². The molecule has 104 valence electrons. The highest BCUT2D eigenvalue weighted by Crippen LogP contribution is 2.38. The molecule has 3 rings (SSSR count). The second-order valence-corrected chi connectivity index (χ2v) is 4.87. The summed E-state index contributed by atoms with van der Waals surface area (Å²) in [5.74, 6) is 0.864. The minimum Gasteiger partial charge on any atom is -0.497 e. The lowest BCUT2D eigenvalue weighted by atomic mass is 10.1. The van der Waals surface area contributed by atoms with Crippen molar-refractivity contribution in [3.05, 3.63) is 65.7 Å². The van der Waals surface area contributed by atoms with Crippen molar-refractivity contribution in [1.82, 2.24) is 0 Å². The molecule has 3 nitrogen and oxygen atoms in total. The van der Waals surface area contributed by atoms with E-state index in [1.54, 1.807) is 7.11 Å². The van der Waals surface area contributed by atoms with Crippen molar-refractivity contribution in [1.29, 1.82) is 0 Å². The molecule has 0 bridgehead atoms. The SMILES string of the molecule is COc1ccc(COC[C@@H]2O[C@H]2c2ccccc2)cc1. The van der Waals surface area contributed by atoms with Crippen molar-refractivity contribution in [2.45, 2.75) is 18.8 Å². The summed E-state index contributed by atoms with van der Waals surface area (Å²) in [6, 6.07) is 18.2. The summed E-state index contributed by atoms with van der Waals surface area (Å²) in [6.45, 7) is 1.23. The number of hydrogen-bond donors (Lipinski definition) is 0. The van der Waals surface area contributed by atoms with Gasteiger partial charge in [-0.2, -0.15) is 0 Å². The lowest BCUT2D eigenvalue weighted by molar-refractivity contribution is 0.104. The van der Waals surface area contributed by atoms with Crippen LogP contribution < -0.4 is 4.74 Å². The van der Waals surface area contributed by atoms with Gasteiger partial charge in [0.2, 0.25) is 0 Å². The molecule has 1 aliphatic rings. The zero-order chi connectivity index (χ0) is 13.8. The minimum absolute atomic E-state index is 0.190. The fraction of sp³-hybridized carbons (Fsp3) is 0.294. The Bertz CT molecular complexity index is 536. The van der Waals surface area contributed by atoms with Gasteiger partial charge in [0.05, 0.1) is 20.3 Å². The van der Waals surface area contributed by atoms with Crippen LogP contribution in [0.5, 0.6) is 5.75 Å². The van der Waals surface area contributed by atoms with E-state index in [4.69, 9.17) is 14.2 Å². The number of hydrogen-bond acceptors (Lipinski definition) is 3. The molecule has 0 spiro atoms. The fourth-order valence-electron chi connectivity index (χ4n) is 2.22. The molecule has 0 unspecified atom stereocenters. The van der Waals surface area contributed by atoms with Gasteiger partial charge in [0, 0.05) is 0 Å². The number of ether oxygens (including phenoxy) is 3. The first-order valence-corrected chi connectivity index (χ1v) is 6.78. The van der Waals surface area contributed by atoms with Crippen molar-refractivity contribution in [2.75, 3.05) is 13.7 Å². The zero-order valence-electron chi connectivity index (χ0n) is 11.5. The van der Waals surface area contributed by atoms with Crippen LogP contribution in [0.25, 0.3) is 0 Å². The topological polar surface area (TPSA) is 31.0 Å². The van der Waals surface area contributed by atoms with Crippen LogP contribution in [0.1, 0.15) is 17.2 Å². The predicted molar refractivity (Wildman–Crippen MR) is 76.7 cm³/mol. The minimum atomic E-state index is 0.190. The van der Waals surface area contributed by atoms with E-state index in [1.807, 2.05) is 42.5 Å². The molecule has 0 saturated carbocycles. The van der Waals surface area contributed by atoms with Gasteiger partial charge < -0.3 is 14.2 Å². The first-order valence-electron chi connectivity index (χ1n) is 6.78. The maximum atomic E-state index is 5.70. The molecule has 0 radical (unpaired) electrons. The average Bonchev–Trinajstić information content (AvgIpc) is 3.28. The first kappa shape index (κ1) is 13.2. The van der Waals surface area contributed by atoms with Crippen LogP contribution in [-0.4, -0.2) is 19.8 Å². The number of epoxide rings is 1. The Labute approximate surface area is 119 Å². The fourth-order valence-corrected chi connectivity index (χ4v) is 2.22. The van der Waals surface area contributed by atoms with Gasteiger partial charge in [-0.05, 0) is 23.3 Å². The monoisotopic (exact) mass is 270 g/mol. The van der Waals surface area contributed by atoms with Crippen molar-refractivity contribution in [3.8, 4) is 5.75 Å². The maximum absolute atomic E-state index is 5.70. The van der Waals surface area contributed by atoms with Gasteiger partial charge in [-0.3, -0.25) is 0 Å². The molecule has 1 aliphatic heterocycles. The van der Waals surface area contributed by atoms with E-state index in [1.165, 1.54) is 5.56 Å². The van der Waals surface area contributed by atoms with Gasteiger partial charge >= 0.3 is 0 Å². The molecule has 2 atom stereocenters. The van der Waals surface area contributed by atoms with Crippen LogP contribution >= 0.6 is 0 Å². The molecular weight excluding hydrogens is 252 g/mol. The molecule has 1 heterocycles. The average molecular weight is 270 g/mol. The van der Waals surface area contributed by atoms with Gasteiger partial charge in [-0.15, -0.1) is 0 Å². The Balaban J connectivity index is 1.43. The van der Waals surface area contributed by atoms with Gasteiger partial charge in [-0.25, -0.2) is 0 Å². The molecule has 1 saturated heterocycles. The maximum Gasteiger partial charge on any atom is 0.118 e. The van der Waals surface area contributed by atoms with Crippen molar-refractivity contribution in [2.24, 2.45) is 0 Å². The third-order valence-electron chi connectivity index (χ3n) is 3.42. The number of rotatable bonds is 6. The van der Waals surface area contributed by atoms with E-state index >= 15 is 0 Å². The highest BCUT2D eigenvalue weighted by molar-refractivity contribution is 5.26. The van der Waals surface area contributed by atoms with Gasteiger partial charge in [0.15, 0.2) is 0 Å². The summed E-state index contributed by atoms with van der Waals surface area (Å²) in [7, 11) is 1.67. The third-order valence-corrected chi connectivity index (χ3v) is 3.42. The van der Waals surface area contributed by atoms with Crippen LogP contribution in [0.15, 0.2) is 54.6 Å². The van der Waals surface area contributed by atoms with Crippen molar-refractivity contribution < 1.29 is 14.2 Å². The van der Waals surface area contributed by atoms with Gasteiger partial charge in [0.25, 0.3) is 0 Å². The normalized spacial score (nSPS) is 20.6. The Morgan fingerprint density at radius 2 is 1.75 bits per heavy atom. The van der Waals surface area contributed by atoms with Crippen LogP contribution in [-0.2, 0) is 16.1 Å². The molecule has 0 N–H and O–H groups in total. The Morgan fingerprint density at radius 3 is 2.45 bits per heavy atom. The van der Waals surface area contributed by atoms with E-state index in [2.05, 4.69) is 12.1 Å². The first-order chi connectivity index (χ1) is 9.86. The van der Waals surface area contributed by atoms with E-state index in [-0.39, 0.29) is 12.2 Å². The molecule has 0 amide bonds. The van der Waals surface area contributed by atoms with Crippen LogP contribution in [0.4, 0.5) is 0 Å². The Hall–Kier alpha value is -1.84. The molecular formula is C17H18O3. The largest absolute Gasteiger partial charge is 0.497 e. The standard InChI is InChI=1S/C17H18O3/c1-18-15-9-7-13(8-10-15)11-19-12-16-17(20-16)14-5-3-2-4-6-14/h2-10,16-17H,11-12H2,1H3/t16-,17-/m0/s1. The predicted octanol–water partition coefficient (Wildman–Crippen LogP) is 3.35. The molecule has 0 aromatic heterocycles. The van der Waals surface area contributed by atoms with Crippen molar-refractivity contribution in [3.63, 3.8) is 0 Å². The summed E-state index contributed by atoms with van der Waals surface area (Å²) < 4.78 is 16.5. The smallest absolute Gasteiger partial charge is 0.118 e. The number of methoxy groups -OCH3 is 1.